The van der Waals surface area contributed by atoms with Crippen molar-refractivity contribution in [3.8, 4) is 0 Å². The zero-order valence-corrected chi connectivity index (χ0v) is 16.3. The molecule has 3 amide bonds. The van der Waals surface area contributed by atoms with Crippen LogP contribution in [0.2, 0.25) is 0 Å². The summed E-state index contributed by atoms with van der Waals surface area (Å²) in [4.78, 5) is 35.4. The summed E-state index contributed by atoms with van der Waals surface area (Å²) in [6.07, 6.45) is 4.93. The predicted octanol–water partition coefficient (Wildman–Crippen LogP) is -1.70. The summed E-state index contributed by atoms with van der Waals surface area (Å²) in [6, 6.07) is -1.63. The van der Waals surface area contributed by atoms with Gasteiger partial charge >= 0.3 is 6.03 Å². The minimum absolute atomic E-state index is 0.101. The van der Waals surface area contributed by atoms with Gasteiger partial charge in [0.2, 0.25) is 0 Å². The summed E-state index contributed by atoms with van der Waals surface area (Å²) < 4.78 is 27.8. The maximum atomic E-state index is 12.5. The minimum Gasteiger partial charge on any atom is -0.748 e. The van der Waals surface area contributed by atoms with Crippen LogP contribution in [0.4, 0.5) is 4.79 Å². The van der Waals surface area contributed by atoms with Crippen molar-refractivity contribution in [1.82, 2.24) is 35.5 Å². The van der Waals surface area contributed by atoms with Gasteiger partial charge in [-0.3, -0.25) is 14.3 Å². The van der Waals surface area contributed by atoms with Crippen LogP contribution in [0, 0.1) is 5.92 Å². The van der Waals surface area contributed by atoms with Crippen LogP contribution in [0.1, 0.15) is 19.3 Å². The number of carbonyl (C=O) groups is 2. The summed E-state index contributed by atoms with van der Waals surface area (Å²) >= 11 is -2.84. The zero-order chi connectivity index (χ0) is 20.4. The first-order valence-electron chi connectivity index (χ1n) is 9.36. The van der Waals surface area contributed by atoms with E-state index >= 15 is 0 Å². The number of nitrogens with zero attached hydrogens (tertiary/aromatic N) is 5. The number of aromatic nitrogens is 3. The van der Waals surface area contributed by atoms with E-state index in [-0.39, 0.29) is 18.6 Å². The molecule has 160 valence electrons. The van der Waals surface area contributed by atoms with Crippen LogP contribution >= 0.6 is 0 Å². The lowest BCUT2D eigenvalue weighted by molar-refractivity contribution is -0.139. The first-order valence-corrected chi connectivity index (χ1v) is 10.4. The number of rotatable bonds is 8. The molecule has 3 aliphatic rings. The summed E-state index contributed by atoms with van der Waals surface area (Å²) in [5.41, 5.74) is 2.42. The first kappa shape index (κ1) is 20.2. The molecule has 2 bridgehead atoms. The van der Waals surface area contributed by atoms with Crippen LogP contribution in [-0.2, 0) is 31.8 Å². The summed E-state index contributed by atoms with van der Waals surface area (Å²) in [5.74, 6) is -0.0323. The van der Waals surface area contributed by atoms with Gasteiger partial charge in [-0.2, -0.15) is 14.4 Å². The van der Waals surface area contributed by atoms with Gasteiger partial charge in [-0.05, 0) is 25.2 Å². The normalized spacial score (nSPS) is 30.0. The Labute approximate surface area is 169 Å². The third-order valence-electron chi connectivity index (χ3n) is 5.45. The number of hydrogen-bond acceptors (Lipinski definition) is 9. The van der Waals surface area contributed by atoms with Crippen LogP contribution in [0.5, 0.6) is 0 Å². The Balaban J connectivity index is 1.20. The largest absolute Gasteiger partial charge is 0.748 e. The molecule has 0 saturated carbocycles. The SMILES string of the molecule is O=C(NOC[C@H]1C[C@H](Cn2cncn2)CN1)C1CCC2CN1C(=O)N2OS(=O)[O-]. The third kappa shape index (κ3) is 4.56. The van der Waals surface area contributed by atoms with E-state index in [1.54, 1.807) is 11.0 Å². The summed E-state index contributed by atoms with van der Waals surface area (Å²) in [5, 5.41) is 8.26. The number of amides is 3. The van der Waals surface area contributed by atoms with Crippen molar-refractivity contribution in [2.75, 3.05) is 19.7 Å². The maximum absolute atomic E-state index is 12.5. The Morgan fingerprint density at radius 1 is 1.45 bits per heavy atom. The monoisotopic (exact) mass is 428 g/mol. The van der Waals surface area contributed by atoms with E-state index in [1.165, 1.54) is 11.2 Å². The number of carbonyl (C=O) groups excluding carboxylic acids is 2. The molecule has 3 aliphatic heterocycles. The van der Waals surface area contributed by atoms with Crippen LogP contribution in [0.25, 0.3) is 0 Å². The fourth-order valence-corrected chi connectivity index (χ4v) is 4.43. The van der Waals surface area contributed by atoms with Crippen molar-refractivity contribution in [3.05, 3.63) is 12.7 Å². The molecule has 4 rings (SSSR count). The molecule has 13 nitrogen and oxygen atoms in total. The van der Waals surface area contributed by atoms with Gasteiger partial charge in [-0.25, -0.2) is 19.5 Å². The van der Waals surface area contributed by atoms with Crippen LogP contribution in [0.3, 0.4) is 0 Å². The summed E-state index contributed by atoms with van der Waals surface area (Å²) in [6.45, 7) is 2.13. The third-order valence-corrected chi connectivity index (χ3v) is 5.73. The molecule has 29 heavy (non-hydrogen) atoms. The van der Waals surface area contributed by atoms with E-state index in [1.807, 2.05) is 0 Å². The van der Waals surface area contributed by atoms with E-state index < -0.39 is 29.3 Å². The van der Waals surface area contributed by atoms with E-state index in [0.29, 0.717) is 25.4 Å². The van der Waals surface area contributed by atoms with E-state index in [0.717, 1.165) is 24.6 Å². The number of hydrogen-bond donors (Lipinski definition) is 2. The minimum atomic E-state index is -2.84. The van der Waals surface area contributed by atoms with Crippen LogP contribution in [-0.4, -0.2) is 83.2 Å². The fourth-order valence-electron chi connectivity index (χ4n) is 4.11. The highest BCUT2D eigenvalue weighted by molar-refractivity contribution is 7.74. The molecule has 2 N–H and O–H groups in total. The van der Waals surface area contributed by atoms with Crippen LogP contribution in [0.15, 0.2) is 12.7 Å². The number of hydroxylamine groups is 3. The standard InChI is InChI=1S/C15H23N7O6S/c23-14(13-2-1-12-6-21(13)15(24)22(12)28-29(25)26)19-27-7-11-3-10(4-17-11)5-20-9-16-8-18-20/h8-13,17H,1-7H2,(H,19,23)(H,25,26)/p-1/t10-,11+,12?,13?/m0/s1. The van der Waals surface area contributed by atoms with Gasteiger partial charge in [-0.15, -0.1) is 0 Å². The second-order valence-electron chi connectivity index (χ2n) is 7.39. The van der Waals surface area contributed by atoms with Gasteiger partial charge in [0.15, 0.2) is 0 Å². The Morgan fingerprint density at radius 3 is 3.07 bits per heavy atom. The number of piperidine rings is 1. The van der Waals surface area contributed by atoms with Crippen molar-refractivity contribution >= 4 is 23.3 Å². The molecule has 1 aromatic heterocycles. The number of fused-ring (bicyclic) bond motifs is 2. The quantitative estimate of drug-likeness (QED) is 0.364. The lowest BCUT2D eigenvalue weighted by Gasteiger charge is -2.29. The van der Waals surface area contributed by atoms with Gasteiger partial charge in [0.25, 0.3) is 5.91 Å². The predicted molar refractivity (Wildman–Crippen MR) is 94.8 cm³/mol. The average molecular weight is 428 g/mol. The highest BCUT2D eigenvalue weighted by Crippen LogP contribution is 2.30. The molecule has 5 atom stereocenters. The average Bonchev–Trinajstić information content (AvgIpc) is 3.41. The Hall–Kier alpha value is -2.13. The highest BCUT2D eigenvalue weighted by Gasteiger charge is 2.48. The Kier molecular flexibility index (Phi) is 6.05. The molecular weight excluding hydrogens is 406 g/mol. The molecule has 0 radical (unpaired) electrons. The van der Waals surface area contributed by atoms with Crippen LogP contribution < -0.4 is 10.8 Å². The van der Waals surface area contributed by atoms with E-state index in [9.17, 15) is 18.4 Å². The maximum Gasteiger partial charge on any atom is 0.346 e. The number of urea groups is 1. The molecule has 4 heterocycles. The molecule has 0 spiro atoms. The van der Waals surface area contributed by atoms with Gasteiger partial charge < -0.3 is 14.8 Å². The molecule has 0 aliphatic carbocycles. The molecule has 14 heteroatoms. The summed E-state index contributed by atoms with van der Waals surface area (Å²) in [7, 11) is 0. The van der Waals surface area contributed by atoms with Crippen molar-refractivity contribution in [2.45, 2.75) is 43.9 Å². The lowest BCUT2D eigenvalue weighted by atomic mass is 10.0. The van der Waals surface area contributed by atoms with Gasteiger partial charge in [0.05, 0.1) is 12.6 Å². The lowest BCUT2D eigenvalue weighted by Crippen LogP contribution is -2.50. The molecule has 3 unspecified atom stereocenters. The highest BCUT2D eigenvalue weighted by atomic mass is 32.2. The molecular formula is C15H22N7O6S-. The molecule has 3 fully saturated rings. The Morgan fingerprint density at radius 2 is 2.31 bits per heavy atom. The number of nitrogens with one attached hydrogen (secondary N) is 2. The second-order valence-corrected chi connectivity index (χ2v) is 7.95. The Bertz CT molecular complexity index is 764. The van der Waals surface area contributed by atoms with Crippen molar-refractivity contribution in [3.63, 3.8) is 0 Å². The molecule has 3 saturated heterocycles. The van der Waals surface area contributed by atoms with Crippen molar-refractivity contribution < 1.29 is 27.5 Å². The van der Waals surface area contributed by atoms with E-state index in [2.05, 4.69) is 25.2 Å². The molecule has 1 aromatic rings. The topological polar surface area (TPSA) is 154 Å². The smallest absolute Gasteiger partial charge is 0.346 e. The fraction of sp³-hybridized carbons (Fsp3) is 0.733. The van der Waals surface area contributed by atoms with Crippen molar-refractivity contribution in [1.29, 1.82) is 0 Å². The van der Waals surface area contributed by atoms with E-state index in [4.69, 9.17) is 4.84 Å². The first-order chi connectivity index (χ1) is 14.0. The van der Waals surface area contributed by atoms with Crippen molar-refractivity contribution in [2.24, 2.45) is 5.92 Å². The van der Waals surface area contributed by atoms with Gasteiger partial charge in [0.1, 0.15) is 30.1 Å². The van der Waals surface area contributed by atoms with Gasteiger partial charge in [0, 0.05) is 25.7 Å². The molecule has 0 aromatic carbocycles. The second kappa shape index (κ2) is 8.71. The van der Waals surface area contributed by atoms with Gasteiger partial charge in [-0.1, -0.05) is 0 Å². The zero-order valence-electron chi connectivity index (χ0n) is 15.5.